The summed E-state index contributed by atoms with van der Waals surface area (Å²) in [6, 6.07) is 11.3. The van der Waals surface area contributed by atoms with Gasteiger partial charge in [0.05, 0.1) is 11.3 Å². The van der Waals surface area contributed by atoms with Crippen LogP contribution < -0.4 is 9.47 Å². The van der Waals surface area contributed by atoms with Crippen LogP contribution in [0.3, 0.4) is 0 Å². The molecule has 0 bridgehead atoms. The first-order chi connectivity index (χ1) is 8.36. The van der Waals surface area contributed by atoms with E-state index in [1.165, 1.54) is 0 Å². The van der Waals surface area contributed by atoms with Gasteiger partial charge >= 0.3 is 0 Å². The lowest BCUT2D eigenvalue weighted by atomic mass is 10.1. The van der Waals surface area contributed by atoms with E-state index in [9.17, 15) is 0 Å². The molecule has 82 valence electrons. The normalized spacial score (nSPS) is 12.2. The van der Waals surface area contributed by atoms with E-state index in [4.69, 9.17) is 14.7 Å². The van der Waals surface area contributed by atoms with Crippen molar-refractivity contribution >= 4 is 0 Å². The number of ether oxygens (including phenoxy) is 2. The average molecular weight is 224 g/mol. The third-order valence-corrected chi connectivity index (χ3v) is 2.56. The Morgan fingerprint density at radius 3 is 2.76 bits per heavy atom. The van der Waals surface area contributed by atoms with E-state index in [0.717, 1.165) is 22.8 Å². The maximum Gasteiger partial charge on any atom is 0.231 e. The third kappa shape index (κ3) is 1.68. The molecule has 0 radical (unpaired) electrons. The van der Waals surface area contributed by atoms with Crippen LogP contribution in [0.15, 0.2) is 36.5 Å². The van der Waals surface area contributed by atoms with Crippen LogP contribution in [-0.4, -0.2) is 11.8 Å². The molecule has 0 atom stereocenters. The van der Waals surface area contributed by atoms with E-state index >= 15 is 0 Å². The molecular weight excluding hydrogens is 216 g/mol. The zero-order valence-corrected chi connectivity index (χ0v) is 8.88. The van der Waals surface area contributed by atoms with E-state index in [2.05, 4.69) is 4.98 Å². The Balaban J connectivity index is 2.01. The maximum atomic E-state index is 8.70. The van der Waals surface area contributed by atoms with E-state index < -0.39 is 0 Å². The molecule has 0 amide bonds. The molecule has 0 N–H and O–H groups in total. The number of hydrogen-bond acceptors (Lipinski definition) is 4. The number of fused-ring (bicyclic) bond motifs is 1. The Hall–Kier alpha value is -2.54. The Labute approximate surface area is 98.1 Å². The van der Waals surface area contributed by atoms with Gasteiger partial charge in [-0.2, -0.15) is 5.26 Å². The van der Waals surface area contributed by atoms with Crippen LogP contribution in [-0.2, 0) is 0 Å². The lowest BCUT2D eigenvalue weighted by Crippen LogP contribution is -1.92. The van der Waals surface area contributed by atoms with Gasteiger partial charge in [0.2, 0.25) is 6.79 Å². The molecule has 0 saturated heterocycles. The lowest BCUT2D eigenvalue weighted by molar-refractivity contribution is 0.174. The molecule has 1 aliphatic rings. The van der Waals surface area contributed by atoms with Gasteiger partial charge in [0.1, 0.15) is 6.07 Å². The summed E-state index contributed by atoms with van der Waals surface area (Å²) in [7, 11) is 0. The number of nitriles is 1. The first kappa shape index (κ1) is 9.67. The molecule has 1 aromatic carbocycles. The Bertz CT molecular complexity index is 600. The van der Waals surface area contributed by atoms with Crippen molar-refractivity contribution in [1.82, 2.24) is 4.98 Å². The van der Waals surface area contributed by atoms with Crippen LogP contribution in [0.2, 0.25) is 0 Å². The van der Waals surface area contributed by atoms with Crippen molar-refractivity contribution in [1.29, 1.82) is 5.26 Å². The summed E-state index contributed by atoms with van der Waals surface area (Å²) in [5, 5.41) is 8.70. The fraction of sp³-hybridized carbons (Fsp3) is 0.0769. The standard InChI is InChI=1S/C13H8N2O2/c14-6-9-1-3-11(15-7-9)10-2-4-12-13(5-10)17-8-16-12/h1-5,7H,8H2. The fourth-order valence-corrected chi connectivity index (χ4v) is 1.69. The third-order valence-electron chi connectivity index (χ3n) is 2.56. The Kier molecular flexibility index (Phi) is 2.16. The molecule has 4 nitrogen and oxygen atoms in total. The van der Waals surface area contributed by atoms with Gasteiger partial charge in [-0.05, 0) is 30.3 Å². The number of rotatable bonds is 1. The van der Waals surface area contributed by atoms with Crippen molar-refractivity contribution in [2.75, 3.05) is 6.79 Å². The smallest absolute Gasteiger partial charge is 0.231 e. The van der Waals surface area contributed by atoms with Crippen molar-refractivity contribution in [2.24, 2.45) is 0 Å². The van der Waals surface area contributed by atoms with Gasteiger partial charge < -0.3 is 9.47 Å². The van der Waals surface area contributed by atoms with Gasteiger partial charge in [-0.25, -0.2) is 0 Å². The maximum absolute atomic E-state index is 8.70. The number of hydrogen-bond donors (Lipinski definition) is 0. The molecule has 2 heterocycles. The van der Waals surface area contributed by atoms with Crippen LogP contribution >= 0.6 is 0 Å². The second kappa shape index (κ2) is 3.80. The molecule has 1 aliphatic heterocycles. The lowest BCUT2D eigenvalue weighted by Gasteiger charge is -2.02. The van der Waals surface area contributed by atoms with Crippen molar-refractivity contribution in [3.63, 3.8) is 0 Å². The Morgan fingerprint density at radius 1 is 1.12 bits per heavy atom. The van der Waals surface area contributed by atoms with Crippen molar-refractivity contribution in [2.45, 2.75) is 0 Å². The number of benzene rings is 1. The number of nitrogens with zero attached hydrogens (tertiary/aromatic N) is 2. The van der Waals surface area contributed by atoms with Crippen molar-refractivity contribution < 1.29 is 9.47 Å². The fourth-order valence-electron chi connectivity index (χ4n) is 1.69. The molecule has 1 aromatic heterocycles. The summed E-state index contributed by atoms with van der Waals surface area (Å²) in [5.41, 5.74) is 2.30. The molecule has 4 heteroatoms. The van der Waals surface area contributed by atoms with Gasteiger partial charge in [-0.15, -0.1) is 0 Å². The minimum Gasteiger partial charge on any atom is -0.454 e. The highest BCUT2D eigenvalue weighted by atomic mass is 16.7. The van der Waals surface area contributed by atoms with Gasteiger partial charge in [-0.3, -0.25) is 4.98 Å². The molecule has 0 aliphatic carbocycles. The Morgan fingerprint density at radius 2 is 2.00 bits per heavy atom. The molecular formula is C13H8N2O2. The van der Waals surface area contributed by atoms with Crippen molar-refractivity contribution in [3.8, 4) is 28.8 Å². The highest BCUT2D eigenvalue weighted by molar-refractivity contribution is 5.64. The first-order valence-electron chi connectivity index (χ1n) is 5.13. The SMILES string of the molecule is N#Cc1ccc(-c2ccc3c(c2)OCO3)nc1. The second-order valence-corrected chi connectivity index (χ2v) is 3.61. The largest absolute Gasteiger partial charge is 0.454 e. The second-order valence-electron chi connectivity index (χ2n) is 3.61. The molecule has 2 aromatic rings. The average Bonchev–Trinajstić information content (AvgIpc) is 2.86. The summed E-state index contributed by atoms with van der Waals surface area (Å²) in [6.45, 7) is 0.263. The highest BCUT2D eigenvalue weighted by Crippen LogP contribution is 2.35. The van der Waals surface area contributed by atoms with Crippen LogP contribution in [0, 0.1) is 11.3 Å². The predicted molar refractivity (Wildman–Crippen MR) is 60.5 cm³/mol. The summed E-state index contributed by atoms with van der Waals surface area (Å²) >= 11 is 0. The number of pyridine rings is 1. The monoisotopic (exact) mass is 224 g/mol. The predicted octanol–water partition coefficient (Wildman–Crippen LogP) is 2.35. The van der Waals surface area contributed by atoms with Gasteiger partial charge in [0.15, 0.2) is 11.5 Å². The molecule has 0 spiro atoms. The van der Waals surface area contributed by atoms with Crippen LogP contribution in [0.4, 0.5) is 0 Å². The quantitative estimate of drug-likeness (QED) is 0.746. The molecule has 17 heavy (non-hydrogen) atoms. The molecule has 3 rings (SSSR count). The van der Waals surface area contributed by atoms with Crippen LogP contribution in [0.25, 0.3) is 11.3 Å². The van der Waals surface area contributed by atoms with Crippen molar-refractivity contribution in [3.05, 3.63) is 42.1 Å². The van der Waals surface area contributed by atoms with Gasteiger partial charge in [-0.1, -0.05) is 0 Å². The molecule has 0 saturated carbocycles. The summed E-state index contributed by atoms with van der Waals surface area (Å²) in [5.74, 6) is 1.48. The minimum atomic E-state index is 0.263. The topological polar surface area (TPSA) is 55.1 Å². The van der Waals surface area contributed by atoms with E-state index in [1.54, 1.807) is 12.3 Å². The number of aromatic nitrogens is 1. The van der Waals surface area contributed by atoms with Gasteiger partial charge in [0, 0.05) is 11.8 Å². The zero-order chi connectivity index (χ0) is 11.7. The van der Waals surface area contributed by atoms with Crippen LogP contribution in [0.5, 0.6) is 11.5 Å². The van der Waals surface area contributed by atoms with E-state index in [0.29, 0.717) is 5.56 Å². The molecule has 0 fully saturated rings. The van der Waals surface area contributed by atoms with Crippen LogP contribution in [0.1, 0.15) is 5.56 Å². The molecule has 0 unspecified atom stereocenters. The minimum absolute atomic E-state index is 0.263. The van der Waals surface area contributed by atoms with E-state index in [-0.39, 0.29) is 6.79 Å². The van der Waals surface area contributed by atoms with Gasteiger partial charge in [0.25, 0.3) is 0 Å². The summed E-state index contributed by atoms with van der Waals surface area (Å²) in [4.78, 5) is 4.23. The summed E-state index contributed by atoms with van der Waals surface area (Å²) < 4.78 is 10.5. The van der Waals surface area contributed by atoms with E-state index in [1.807, 2.05) is 30.3 Å². The summed E-state index contributed by atoms with van der Waals surface area (Å²) in [6.07, 6.45) is 1.56. The highest BCUT2D eigenvalue weighted by Gasteiger charge is 2.14. The first-order valence-corrected chi connectivity index (χ1v) is 5.13. The zero-order valence-electron chi connectivity index (χ0n) is 8.88.